The number of methoxy groups -OCH3 is 2. The topological polar surface area (TPSA) is 61.8 Å². The molecule has 0 bridgehead atoms. The number of ether oxygens (including phenoxy) is 3. The summed E-state index contributed by atoms with van der Waals surface area (Å²) >= 11 is 0. The Morgan fingerprint density at radius 2 is 1.59 bits per heavy atom. The minimum absolute atomic E-state index is 0.00875. The van der Waals surface area contributed by atoms with E-state index in [2.05, 4.69) is 0 Å². The van der Waals surface area contributed by atoms with Crippen molar-refractivity contribution in [2.45, 2.75) is 25.2 Å². The summed E-state index contributed by atoms with van der Waals surface area (Å²) in [6, 6.07) is 20.4. The molecule has 5 nitrogen and oxygen atoms in total. The van der Waals surface area contributed by atoms with Gasteiger partial charge in [-0.05, 0) is 54.4 Å². The molecule has 1 aliphatic rings. The van der Waals surface area contributed by atoms with Gasteiger partial charge in [0.15, 0.2) is 23.1 Å². The highest BCUT2D eigenvalue weighted by Crippen LogP contribution is 2.47. The standard InChI is InChI=1S/C27H26O5/c1-4-32-19-12-10-18(11-13-19)27(29)26-20(17-8-6-5-7-9-17)14-23(28)21-15-24(30-2)25(31-3)16-22(21)26/h5-13,15-16,20,26H,4,14H2,1-3H3/t20-,26-/m1/s1. The molecule has 32 heavy (non-hydrogen) atoms. The lowest BCUT2D eigenvalue weighted by Crippen LogP contribution is -2.29. The molecule has 0 aromatic heterocycles. The zero-order valence-corrected chi connectivity index (χ0v) is 18.5. The Hall–Kier alpha value is -3.60. The molecule has 0 spiro atoms. The second kappa shape index (κ2) is 9.27. The van der Waals surface area contributed by atoms with Crippen LogP contribution < -0.4 is 14.2 Å². The molecule has 4 rings (SSSR count). The first kappa shape index (κ1) is 21.6. The number of carbonyl (C=O) groups excluding carboxylic acids is 2. The van der Waals surface area contributed by atoms with Gasteiger partial charge in [0.25, 0.3) is 0 Å². The number of Topliss-reactive ketones (excluding diaryl/α,β-unsaturated/α-hetero) is 2. The highest BCUT2D eigenvalue weighted by atomic mass is 16.5. The Morgan fingerprint density at radius 1 is 0.938 bits per heavy atom. The van der Waals surface area contributed by atoms with E-state index in [4.69, 9.17) is 14.2 Å². The Labute approximate surface area is 187 Å². The first-order valence-electron chi connectivity index (χ1n) is 10.7. The third kappa shape index (κ3) is 3.98. The summed E-state index contributed by atoms with van der Waals surface area (Å²) in [6.07, 6.45) is 0.250. The maximum absolute atomic E-state index is 13.9. The van der Waals surface area contributed by atoms with Crippen LogP contribution >= 0.6 is 0 Å². The summed E-state index contributed by atoms with van der Waals surface area (Å²) in [6.45, 7) is 2.48. The number of hydrogen-bond acceptors (Lipinski definition) is 5. The second-order valence-corrected chi connectivity index (χ2v) is 7.74. The van der Waals surface area contributed by atoms with Crippen LogP contribution in [0.15, 0.2) is 66.7 Å². The molecule has 164 valence electrons. The molecule has 3 aromatic rings. The quantitative estimate of drug-likeness (QED) is 0.467. The predicted molar refractivity (Wildman–Crippen MR) is 122 cm³/mol. The monoisotopic (exact) mass is 430 g/mol. The summed E-state index contributed by atoms with van der Waals surface area (Å²) in [5.41, 5.74) is 2.73. The fourth-order valence-electron chi connectivity index (χ4n) is 4.43. The molecule has 0 heterocycles. The van der Waals surface area contributed by atoms with Crippen LogP contribution in [0.1, 0.15) is 57.0 Å². The van der Waals surface area contributed by atoms with Crippen LogP contribution in [-0.4, -0.2) is 32.4 Å². The van der Waals surface area contributed by atoms with Crippen molar-refractivity contribution >= 4 is 11.6 Å². The summed E-state index contributed by atoms with van der Waals surface area (Å²) in [7, 11) is 3.08. The van der Waals surface area contributed by atoms with Gasteiger partial charge < -0.3 is 14.2 Å². The van der Waals surface area contributed by atoms with Crippen molar-refractivity contribution in [1.82, 2.24) is 0 Å². The zero-order valence-electron chi connectivity index (χ0n) is 18.5. The van der Waals surface area contributed by atoms with Gasteiger partial charge in [0.1, 0.15) is 5.75 Å². The van der Waals surface area contributed by atoms with Crippen LogP contribution in [-0.2, 0) is 0 Å². The first-order chi connectivity index (χ1) is 15.6. The Bertz CT molecular complexity index is 1120. The van der Waals surface area contributed by atoms with Crippen molar-refractivity contribution in [3.8, 4) is 17.2 Å². The average molecular weight is 431 g/mol. The molecular weight excluding hydrogens is 404 g/mol. The lowest BCUT2D eigenvalue weighted by Gasteiger charge is -2.33. The summed E-state index contributed by atoms with van der Waals surface area (Å²) in [5.74, 6) is 0.848. The third-order valence-electron chi connectivity index (χ3n) is 5.96. The molecule has 1 aliphatic carbocycles. The van der Waals surface area contributed by atoms with Crippen molar-refractivity contribution in [1.29, 1.82) is 0 Å². The smallest absolute Gasteiger partial charge is 0.170 e. The van der Waals surface area contributed by atoms with E-state index < -0.39 is 5.92 Å². The Kier molecular flexibility index (Phi) is 6.26. The molecule has 0 aliphatic heterocycles. The van der Waals surface area contributed by atoms with Gasteiger partial charge in [-0.3, -0.25) is 9.59 Å². The number of rotatable bonds is 7. The van der Waals surface area contributed by atoms with Crippen molar-refractivity contribution in [2.75, 3.05) is 20.8 Å². The van der Waals surface area contributed by atoms with Gasteiger partial charge in [-0.25, -0.2) is 0 Å². The van der Waals surface area contributed by atoms with Crippen molar-refractivity contribution < 1.29 is 23.8 Å². The summed E-state index contributed by atoms with van der Waals surface area (Å²) < 4.78 is 16.4. The van der Waals surface area contributed by atoms with E-state index in [9.17, 15) is 9.59 Å². The van der Waals surface area contributed by atoms with Crippen molar-refractivity contribution in [3.05, 3.63) is 89.0 Å². The van der Waals surface area contributed by atoms with E-state index in [0.717, 1.165) is 5.56 Å². The highest BCUT2D eigenvalue weighted by Gasteiger charge is 2.40. The fraction of sp³-hybridized carbons (Fsp3) is 0.259. The molecule has 0 radical (unpaired) electrons. The third-order valence-corrected chi connectivity index (χ3v) is 5.96. The van der Waals surface area contributed by atoms with Crippen LogP contribution in [0.25, 0.3) is 0 Å². The van der Waals surface area contributed by atoms with E-state index >= 15 is 0 Å². The maximum atomic E-state index is 13.9. The van der Waals surface area contributed by atoms with Gasteiger partial charge in [0.05, 0.1) is 26.7 Å². The minimum Gasteiger partial charge on any atom is -0.494 e. The molecule has 0 saturated heterocycles. The lowest BCUT2D eigenvalue weighted by atomic mass is 9.68. The maximum Gasteiger partial charge on any atom is 0.170 e. The SMILES string of the molecule is CCOc1ccc(C(=O)[C@H]2c3cc(OC)c(OC)cc3C(=O)C[C@@H]2c2ccccc2)cc1. The molecule has 0 fully saturated rings. The largest absolute Gasteiger partial charge is 0.494 e. The predicted octanol–water partition coefficient (Wildman–Crippen LogP) is 5.44. The normalized spacial score (nSPS) is 17.4. The van der Waals surface area contributed by atoms with Crippen LogP contribution in [0, 0.1) is 0 Å². The van der Waals surface area contributed by atoms with Gasteiger partial charge in [-0.15, -0.1) is 0 Å². The Balaban J connectivity index is 1.85. The molecule has 0 amide bonds. The van der Waals surface area contributed by atoms with Gasteiger partial charge in [0.2, 0.25) is 0 Å². The number of ketones is 2. The van der Waals surface area contributed by atoms with E-state index in [0.29, 0.717) is 40.5 Å². The molecule has 0 saturated carbocycles. The summed E-state index contributed by atoms with van der Waals surface area (Å²) in [4.78, 5) is 27.0. The number of benzene rings is 3. The van der Waals surface area contributed by atoms with Gasteiger partial charge >= 0.3 is 0 Å². The van der Waals surface area contributed by atoms with Crippen LogP contribution in [0.4, 0.5) is 0 Å². The molecular formula is C27H26O5. The first-order valence-corrected chi connectivity index (χ1v) is 10.7. The van der Waals surface area contributed by atoms with Gasteiger partial charge in [-0.1, -0.05) is 30.3 Å². The van der Waals surface area contributed by atoms with Crippen molar-refractivity contribution in [3.63, 3.8) is 0 Å². The molecule has 3 aromatic carbocycles. The van der Waals surface area contributed by atoms with Crippen LogP contribution in [0.2, 0.25) is 0 Å². The molecule has 0 N–H and O–H groups in total. The fourth-order valence-corrected chi connectivity index (χ4v) is 4.43. The van der Waals surface area contributed by atoms with E-state index in [1.807, 2.05) is 37.3 Å². The number of carbonyl (C=O) groups is 2. The molecule has 5 heteroatoms. The van der Waals surface area contributed by atoms with E-state index in [1.165, 1.54) is 7.11 Å². The van der Waals surface area contributed by atoms with E-state index in [-0.39, 0.29) is 23.9 Å². The number of hydrogen-bond donors (Lipinski definition) is 0. The second-order valence-electron chi connectivity index (χ2n) is 7.74. The van der Waals surface area contributed by atoms with Crippen LogP contribution in [0.5, 0.6) is 17.2 Å². The zero-order chi connectivity index (χ0) is 22.7. The molecule has 2 atom stereocenters. The number of fused-ring (bicyclic) bond motifs is 1. The minimum atomic E-state index is -0.525. The molecule has 0 unspecified atom stereocenters. The van der Waals surface area contributed by atoms with Gasteiger partial charge in [-0.2, -0.15) is 0 Å². The highest BCUT2D eigenvalue weighted by molar-refractivity contribution is 6.08. The van der Waals surface area contributed by atoms with Crippen molar-refractivity contribution in [2.24, 2.45) is 0 Å². The van der Waals surface area contributed by atoms with E-state index in [1.54, 1.807) is 43.5 Å². The lowest BCUT2D eigenvalue weighted by molar-refractivity contribution is 0.0900. The Morgan fingerprint density at radius 3 is 2.22 bits per heavy atom. The average Bonchev–Trinajstić information content (AvgIpc) is 2.84. The van der Waals surface area contributed by atoms with Crippen LogP contribution in [0.3, 0.4) is 0 Å². The summed E-state index contributed by atoms with van der Waals surface area (Å²) in [5, 5.41) is 0. The van der Waals surface area contributed by atoms with Gasteiger partial charge in [0, 0.05) is 23.5 Å².